The van der Waals surface area contributed by atoms with Gasteiger partial charge in [-0.3, -0.25) is 4.79 Å². The van der Waals surface area contributed by atoms with Gasteiger partial charge in [0.15, 0.2) is 5.69 Å². The van der Waals surface area contributed by atoms with Crippen molar-refractivity contribution in [2.24, 2.45) is 0 Å². The number of alkyl halides is 3. The van der Waals surface area contributed by atoms with Gasteiger partial charge in [0.25, 0.3) is 5.91 Å². The van der Waals surface area contributed by atoms with Crippen molar-refractivity contribution >= 4 is 5.91 Å². The van der Waals surface area contributed by atoms with Crippen molar-refractivity contribution in [1.82, 2.24) is 20.3 Å². The summed E-state index contributed by atoms with van der Waals surface area (Å²) >= 11 is 0. The van der Waals surface area contributed by atoms with Crippen molar-refractivity contribution in [3.63, 3.8) is 0 Å². The number of hydrogen-bond acceptors (Lipinski definition) is 3. The Morgan fingerprint density at radius 1 is 1.26 bits per heavy atom. The molecule has 0 bridgehead atoms. The topological polar surface area (TPSA) is 59.8 Å². The van der Waals surface area contributed by atoms with Crippen molar-refractivity contribution in [1.29, 1.82) is 0 Å². The van der Waals surface area contributed by atoms with Crippen LogP contribution in [0.4, 0.5) is 13.2 Å². The van der Waals surface area contributed by atoms with Gasteiger partial charge in [-0.2, -0.15) is 13.2 Å². The highest BCUT2D eigenvalue weighted by molar-refractivity contribution is 5.91. The number of benzene rings is 1. The summed E-state index contributed by atoms with van der Waals surface area (Å²) in [7, 11) is 0. The van der Waals surface area contributed by atoms with Crippen LogP contribution in [0.2, 0.25) is 0 Å². The highest BCUT2D eigenvalue weighted by Crippen LogP contribution is 2.29. The molecule has 0 aliphatic heterocycles. The summed E-state index contributed by atoms with van der Waals surface area (Å²) in [5, 5.41) is 10.5. The van der Waals surface area contributed by atoms with Crippen LogP contribution >= 0.6 is 0 Å². The van der Waals surface area contributed by atoms with Crippen LogP contribution in [-0.2, 0) is 12.7 Å². The zero-order valence-electron chi connectivity index (χ0n) is 14.8. The lowest BCUT2D eigenvalue weighted by Crippen LogP contribution is -2.25. The number of allylic oxidation sites excluding steroid dienone is 1. The van der Waals surface area contributed by atoms with Crippen molar-refractivity contribution in [2.75, 3.05) is 6.54 Å². The van der Waals surface area contributed by atoms with Gasteiger partial charge in [0.05, 0.1) is 18.3 Å². The molecule has 0 saturated carbocycles. The lowest BCUT2D eigenvalue weighted by molar-refractivity contribution is -0.137. The van der Waals surface area contributed by atoms with Crippen molar-refractivity contribution in [3.05, 3.63) is 58.9 Å². The molecule has 3 rings (SSSR count). The van der Waals surface area contributed by atoms with E-state index in [2.05, 4.69) is 21.7 Å². The molecule has 1 aliphatic rings. The molecule has 1 heterocycles. The molecule has 27 heavy (non-hydrogen) atoms. The summed E-state index contributed by atoms with van der Waals surface area (Å²) in [4.78, 5) is 12.1. The Labute approximate surface area is 155 Å². The lowest BCUT2D eigenvalue weighted by atomic mass is 9.97. The fraction of sp³-hybridized carbons (Fsp3) is 0.421. The standard InChI is InChI=1S/C19H21F3N4O/c20-19(21,22)16-8-4-7-15(11-16)12-26-13-17(24-25-26)18(27)23-10-9-14-5-2-1-3-6-14/h4-5,7-8,11,13H,1-3,6,9-10,12H2,(H,23,27). The number of carbonyl (C=O) groups is 1. The van der Waals surface area contributed by atoms with Gasteiger partial charge in [-0.05, 0) is 49.8 Å². The van der Waals surface area contributed by atoms with E-state index in [0.29, 0.717) is 12.1 Å². The molecule has 0 unspecified atom stereocenters. The molecule has 2 aromatic rings. The number of halogens is 3. The number of nitrogens with zero attached hydrogens (tertiary/aromatic N) is 3. The van der Waals surface area contributed by atoms with E-state index in [9.17, 15) is 18.0 Å². The average Bonchev–Trinajstić information content (AvgIpc) is 3.11. The zero-order valence-corrected chi connectivity index (χ0v) is 14.8. The SMILES string of the molecule is O=C(NCCC1=CCCCC1)c1cn(Cc2cccc(C(F)(F)F)c2)nn1. The van der Waals surface area contributed by atoms with Gasteiger partial charge < -0.3 is 5.32 Å². The van der Waals surface area contributed by atoms with Gasteiger partial charge in [-0.15, -0.1) is 5.10 Å². The number of aromatic nitrogens is 3. The highest BCUT2D eigenvalue weighted by atomic mass is 19.4. The predicted molar refractivity (Wildman–Crippen MR) is 94.1 cm³/mol. The molecule has 0 saturated heterocycles. The first-order valence-electron chi connectivity index (χ1n) is 8.94. The molecule has 1 aliphatic carbocycles. The summed E-state index contributed by atoms with van der Waals surface area (Å²) in [6.45, 7) is 0.641. The minimum atomic E-state index is -4.39. The van der Waals surface area contributed by atoms with Crippen LogP contribution in [0.5, 0.6) is 0 Å². The Bertz CT molecular complexity index is 826. The molecule has 0 radical (unpaired) electrons. The first-order chi connectivity index (χ1) is 12.9. The van der Waals surface area contributed by atoms with Crippen molar-refractivity contribution in [2.45, 2.75) is 44.8 Å². The van der Waals surface area contributed by atoms with E-state index in [-0.39, 0.29) is 18.1 Å². The molecule has 1 amide bonds. The predicted octanol–water partition coefficient (Wildman–Crippen LogP) is 3.97. The normalized spacial score (nSPS) is 14.7. The molecule has 144 valence electrons. The second-order valence-corrected chi connectivity index (χ2v) is 6.61. The Morgan fingerprint density at radius 2 is 2.11 bits per heavy atom. The number of amides is 1. The second-order valence-electron chi connectivity index (χ2n) is 6.61. The highest BCUT2D eigenvalue weighted by Gasteiger charge is 2.30. The van der Waals surface area contributed by atoms with E-state index in [1.165, 1.54) is 35.4 Å². The van der Waals surface area contributed by atoms with Crippen LogP contribution in [0.15, 0.2) is 42.1 Å². The van der Waals surface area contributed by atoms with E-state index in [1.54, 1.807) is 6.07 Å². The van der Waals surface area contributed by atoms with E-state index in [0.717, 1.165) is 31.4 Å². The molecule has 0 fully saturated rings. The lowest BCUT2D eigenvalue weighted by Gasteiger charge is -2.12. The maximum Gasteiger partial charge on any atom is 0.416 e. The monoisotopic (exact) mass is 378 g/mol. The first-order valence-corrected chi connectivity index (χ1v) is 8.94. The summed E-state index contributed by atoms with van der Waals surface area (Å²) in [5.41, 5.74) is 1.25. The largest absolute Gasteiger partial charge is 0.416 e. The van der Waals surface area contributed by atoms with Crippen LogP contribution in [-0.4, -0.2) is 27.4 Å². The maximum absolute atomic E-state index is 12.8. The van der Waals surface area contributed by atoms with Crippen LogP contribution in [0.25, 0.3) is 0 Å². The molecule has 0 spiro atoms. The summed E-state index contributed by atoms with van der Waals surface area (Å²) in [6.07, 6.45) is 4.72. The third kappa shape index (κ3) is 5.42. The Morgan fingerprint density at radius 3 is 2.85 bits per heavy atom. The Hall–Kier alpha value is -2.64. The number of rotatable bonds is 6. The fourth-order valence-corrected chi connectivity index (χ4v) is 3.07. The summed E-state index contributed by atoms with van der Waals surface area (Å²) in [5.74, 6) is -0.332. The van der Waals surface area contributed by atoms with Gasteiger partial charge >= 0.3 is 6.18 Å². The van der Waals surface area contributed by atoms with Gasteiger partial charge in [0.2, 0.25) is 0 Å². The Kier molecular flexibility index (Phi) is 5.93. The molecular weight excluding hydrogens is 357 g/mol. The fourth-order valence-electron chi connectivity index (χ4n) is 3.07. The minimum Gasteiger partial charge on any atom is -0.350 e. The third-order valence-corrected chi connectivity index (χ3v) is 4.49. The molecule has 1 aromatic heterocycles. The second kappa shape index (κ2) is 8.37. The van der Waals surface area contributed by atoms with E-state index >= 15 is 0 Å². The first kappa shape index (κ1) is 19.1. The van der Waals surface area contributed by atoms with E-state index in [4.69, 9.17) is 0 Å². The average molecular weight is 378 g/mol. The third-order valence-electron chi connectivity index (χ3n) is 4.49. The van der Waals surface area contributed by atoms with Crippen LogP contribution in [0.3, 0.4) is 0 Å². The summed E-state index contributed by atoms with van der Waals surface area (Å²) in [6, 6.07) is 5.02. The smallest absolute Gasteiger partial charge is 0.350 e. The maximum atomic E-state index is 12.8. The molecule has 0 atom stereocenters. The number of hydrogen-bond donors (Lipinski definition) is 1. The van der Waals surface area contributed by atoms with Gasteiger partial charge in [-0.25, -0.2) is 4.68 Å². The Balaban J connectivity index is 1.55. The summed E-state index contributed by atoms with van der Waals surface area (Å²) < 4.78 is 39.7. The van der Waals surface area contributed by atoms with E-state index < -0.39 is 11.7 Å². The zero-order chi connectivity index (χ0) is 19.3. The number of nitrogens with one attached hydrogen (secondary N) is 1. The molecular formula is C19H21F3N4O. The molecule has 1 aromatic carbocycles. The van der Waals surface area contributed by atoms with Crippen LogP contribution in [0, 0.1) is 0 Å². The quantitative estimate of drug-likeness (QED) is 0.774. The molecule has 1 N–H and O–H groups in total. The number of carbonyl (C=O) groups excluding carboxylic acids is 1. The van der Waals surface area contributed by atoms with Gasteiger partial charge in [0.1, 0.15) is 0 Å². The van der Waals surface area contributed by atoms with E-state index in [1.807, 2.05) is 0 Å². The van der Waals surface area contributed by atoms with Crippen molar-refractivity contribution in [3.8, 4) is 0 Å². The molecule has 5 nitrogen and oxygen atoms in total. The molecule has 8 heteroatoms. The van der Waals surface area contributed by atoms with Crippen molar-refractivity contribution < 1.29 is 18.0 Å². The van der Waals surface area contributed by atoms with Crippen LogP contribution in [0.1, 0.15) is 53.7 Å². The minimum absolute atomic E-state index is 0.108. The van der Waals surface area contributed by atoms with Gasteiger partial charge in [0, 0.05) is 6.54 Å². The van der Waals surface area contributed by atoms with Crippen LogP contribution < -0.4 is 5.32 Å². The van der Waals surface area contributed by atoms with Gasteiger partial charge in [-0.1, -0.05) is 29.0 Å².